The fraction of sp³-hybridized carbons (Fsp3) is 0.625. The van der Waals surface area contributed by atoms with E-state index in [-0.39, 0.29) is 11.9 Å². The Morgan fingerprint density at radius 2 is 2.14 bits per heavy atom. The first-order valence-corrected chi connectivity index (χ1v) is 8.22. The molecule has 1 aliphatic heterocycles. The van der Waals surface area contributed by atoms with Crippen LogP contribution in [0.15, 0.2) is 6.07 Å². The van der Waals surface area contributed by atoms with Gasteiger partial charge >= 0.3 is 5.97 Å². The summed E-state index contributed by atoms with van der Waals surface area (Å²) in [6, 6.07) is 1.73. The number of aryl methyl sites for hydroxylation is 2. The number of hydrogen-bond donors (Lipinski definition) is 1. The summed E-state index contributed by atoms with van der Waals surface area (Å²) in [4.78, 5) is 28.1. The summed E-state index contributed by atoms with van der Waals surface area (Å²) in [6.07, 6.45) is 0.768. The van der Waals surface area contributed by atoms with Gasteiger partial charge in [0.1, 0.15) is 0 Å². The van der Waals surface area contributed by atoms with Crippen LogP contribution in [0, 0.1) is 25.7 Å². The quantitative estimate of drug-likeness (QED) is 0.927. The third-order valence-electron chi connectivity index (χ3n) is 3.98. The van der Waals surface area contributed by atoms with Gasteiger partial charge in [0, 0.05) is 22.7 Å². The van der Waals surface area contributed by atoms with Crippen molar-refractivity contribution in [3.8, 4) is 0 Å². The first-order valence-electron chi connectivity index (χ1n) is 7.40. The summed E-state index contributed by atoms with van der Waals surface area (Å²) < 4.78 is 0. The average molecular weight is 309 g/mol. The topological polar surface area (TPSA) is 57.6 Å². The molecule has 0 aliphatic carbocycles. The molecule has 4 nitrogen and oxygen atoms in total. The van der Waals surface area contributed by atoms with E-state index in [4.69, 9.17) is 0 Å². The highest BCUT2D eigenvalue weighted by Crippen LogP contribution is 2.41. The Morgan fingerprint density at radius 3 is 2.62 bits per heavy atom. The summed E-state index contributed by atoms with van der Waals surface area (Å²) in [5, 5.41) is 9.57. The summed E-state index contributed by atoms with van der Waals surface area (Å²) in [5.74, 6) is -0.905. The van der Waals surface area contributed by atoms with E-state index < -0.39 is 11.9 Å². The lowest BCUT2D eigenvalue weighted by molar-refractivity contribution is -0.152. The number of aliphatic carboxylic acids is 1. The van der Waals surface area contributed by atoms with Crippen molar-refractivity contribution in [2.75, 3.05) is 6.54 Å². The first-order chi connectivity index (χ1) is 9.81. The molecule has 1 aromatic heterocycles. The molecule has 2 rings (SSSR count). The summed E-state index contributed by atoms with van der Waals surface area (Å²) in [6.45, 7) is 8.76. The molecule has 21 heavy (non-hydrogen) atoms. The molecule has 2 heterocycles. The second-order valence-corrected chi connectivity index (χ2v) is 7.70. The van der Waals surface area contributed by atoms with Crippen LogP contribution in [-0.4, -0.2) is 28.4 Å². The highest BCUT2D eigenvalue weighted by atomic mass is 32.1. The Kier molecular flexibility index (Phi) is 4.71. The fourth-order valence-electron chi connectivity index (χ4n) is 3.15. The van der Waals surface area contributed by atoms with Gasteiger partial charge in [0.25, 0.3) is 0 Å². The number of carboxylic acid groups (broad SMARTS) is 1. The van der Waals surface area contributed by atoms with E-state index in [1.807, 2.05) is 19.9 Å². The normalized spacial score (nSPS) is 22.9. The highest BCUT2D eigenvalue weighted by molar-refractivity contribution is 7.12. The molecule has 1 aliphatic rings. The van der Waals surface area contributed by atoms with E-state index in [2.05, 4.69) is 13.8 Å². The summed E-state index contributed by atoms with van der Waals surface area (Å²) in [7, 11) is 0. The van der Waals surface area contributed by atoms with Gasteiger partial charge in [-0.05, 0) is 37.8 Å². The lowest BCUT2D eigenvalue weighted by Gasteiger charge is -2.40. The number of hydrogen-bond acceptors (Lipinski definition) is 3. The third kappa shape index (κ3) is 3.28. The van der Waals surface area contributed by atoms with Crippen molar-refractivity contribution >= 4 is 23.2 Å². The molecule has 1 aromatic rings. The summed E-state index contributed by atoms with van der Waals surface area (Å²) >= 11 is 1.67. The zero-order valence-electron chi connectivity index (χ0n) is 13.0. The molecule has 1 saturated heterocycles. The van der Waals surface area contributed by atoms with Crippen LogP contribution < -0.4 is 0 Å². The van der Waals surface area contributed by atoms with Crippen molar-refractivity contribution in [1.29, 1.82) is 0 Å². The van der Waals surface area contributed by atoms with Crippen LogP contribution in [-0.2, 0) is 9.59 Å². The lowest BCUT2D eigenvalue weighted by Crippen LogP contribution is -2.46. The van der Waals surface area contributed by atoms with Crippen LogP contribution in [0.25, 0.3) is 0 Å². The monoisotopic (exact) mass is 309 g/mol. The Bertz CT molecular complexity index is 550. The van der Waals surface area contributed by atoms with Crippen molar-refractivity contribution in [3.05, 3.63) is 21.4 Å². The first kappa shape index (κ1) is 16.0. The predicted molar refractivity (Wildman–Crippen MR) is 83.4 cm³/mol. The Balaban J connectivity index is 2.46. The van der Waals surface area contributed by atoms with Gasteiger partial charge in [-0.15, -0.1) is 11.3 Å². The molecule has 0 bridgehead atoms. The number of carboxylic acids is 1. The molecule has 2 unspecified atom stereocenters. The van der Waals surface area contributed by atoms with Gasteiger partial charge in [0.05, 0.1) is 12.0 Å². The molecule has 1 amide bonds. The molecule has 0 radical (unpaired) electrons. The maximum Gasteiger partial charge on any atom is 0.308 e. The van der Waals surface area contributed by atoms with Gasteiger partial charge in [-0.3, -0.25) is 9.59 Å². The Morgan fingerprint density at radius 1 is 1.48 bits per heavy atom. The molecule has 0 spiro atoms. The van der Waals surface area contributed by atoms with E-state index in [1.54, 1.807) is 16.2 Å². The van der Waals surface area contributed by atoms with Gasteiger partial charge in [0.2, 0.25) is 5.91 Å². The van der Waals surface area contributed by atoms with Crippen molar-refractivity contribution in [3.63, 3.8) is 0 Å². The number of piperidine rings is 1. The van der Waals surface area contributed by atoms with Gasteiger partial charge in [-0.25, -0.2) is 0 Å². The standard InChI is InChI=1S/C16H23NO3S/c1-9(2)8-17-14(18)6-5-12(16(19)20)15(17)13-7-10(3)21-11(13)4/h7,9,12,15H,5-6,8H2,1-4H3,(H,19,20). The van der Waals surface area contributed by atoms with E-state index in [0.29, 0.717) is 25.3 Å². The van der Waals surface area contributed by atoms with Gasteiger partial charge < -0.3 is 10.0 Å². The summed E-state index contributed by atoms with van der Waals surface area (Å²) in [5.41, 5.74) is 1.01. The maximum absolute atomic E-state index is 12.3. The Hall–Kier alpha value is -1.36. The minimum atomic E-state index is -0.801. The lowest BCUT2D eigenvalue weighted by atomic mass is 9.84. The van der Waals surface area contributed by atoms with Crippen molar-refractivity contribution in [2.45, 2.75) is 46.6 Å². The predicted octanol–water partition coefficient (Wildman–Crippen LogP) is 3.39. The molecule has 0 aromatic carbocycles. The molecule has 1 fully saturated rings. The molecule has 5 heteroatoms. The molecule has 1 N–H and O–H groups in total. The smallest absolute Gasteiger partial charge is 0.308 e. The van der Waals surface area contributed by atoms with Crippen LogP contribution in [0.5, 0.6) is 0 Å². The third-order valence-corrected chi connectivity index (χ3v) is 4.97. The minimum absolute atomic E-state index is 0.0782. The van der Waals surface area contributed by atoms with Crippen LogP contribution in [0.3, 0.4) is 0 Å². The molecule has 116 valence electrons. The number of nitrogens with zero attached hydrogens (tertiary/aromatic N) is 1. The number of rotatable bonds is 4. The van der Waals surface area contributed by atoms with Crippen molar-refractivity contribution in [1.82, 2.24) is 4.90 Å². The van der Waals surface area contributed by atoms with E-state index in [1.165, 1.54) is 0 Å². The van der Waals surface area contributed by atoms with Crippen molar-refractivity contribution in [2.24, 2.45) is 11.8 Å². The van der Waals surface area contributed by atoms with E-state index >= 15 is 0 Å². The van der Waals surface area contributed by atoms with Crippen LogP contribution in [0.4, 0.5) is 0 Å². The second kappa shape index (κ2) is 6.18. The molecular formula is C16H23NO3S. The Labute approximate surface area is 129 Å². The zero-order chi connectivity index (χ0) is 15.7. The van der Waals surface area contributed by atoms with Gasteiger partial charge in [-0.1, -0.05) is 13.8 Å². The van der Waals surface area contributed by atoms with Crippen LogP contribution in [0.2, 0.25) is 0 Å². The minimum Gasteiger partial charge on any atom is -0.481 e. The maximum atomic E-state index is 12.3. The SMILES string of the molecule is Cc1cc(C2C(C(=O)O)CCC(=O)N2CC(C)C)c(C)s1. The molecule has 0 saturated carbocycles. The fourth-order valence-corrected chi connectivity index (χ4v) is 4.12. The number of carbonyl (C=O) groups excluding carboxylic acids is 1. The van der Waals surface area contributed by atoms with Crippen LogP contribution in [0.1, 0.15) is 48.0 Å². The largest absolute Gasteiger partial charge is 0.481 e. The second-order valence-electron chi connectivity index (χ2n) is 6.24. The van der Waals surface area contributed by atoms with E-state index in [0.717, 1.165) is 15.3 Å². The van der Waals surface area contributed by atoms with Gasteiger partial charge in [0.15, 0.2) is 0 Å². The zero-order valence-corrected chi connectivity index (χ0v) is 13.9. The van der Waals surface area contributed by atoms with Gasteiger partial charge in [-0.2, -0.15) is 0 Å². The number of likely N-dealkylation sites (tertiary alicyclic amines) is 1. The number of carbonyl (C=O) groups is 2. The number of amides is 1. The van der Waals surface area contributed by atoms with Crippen molar-refractivity contribution < 1.29 is 14.7 Å². The average Bonchev–Trinajstić information content (AvgIpc) is 2.69. The van der Waals surface area contributed by atoms with Crippen LogP contribution >= 0.6 is 11.3 Å². The van der Waals surface area contributed by atoms with E-state index in [9.17, 15) is 14.7 Å². The molecule has 2 atom stereocenters. The molecular weight excluding hydrogens is 286 g/mol. The highest BCUT2D eigenvalue weighted by Gasteiger charge is 2.41. The number of thiophene rings is 1.